The van der Waals surface area contributed by atoms with Crippen LogP contribution in [-0.2, 0) is 4.74 Å². The van der Waals surface area contributed by atoms with Crippen molar-refractivity contribution in [3.05, 3.63) is 84.2 Å². The highest BCUT2D eigenvalue weighted by Gasteiger charge is 2.14. The van der Waals surface area contributed by atoms with E-state index in [0.29, 0.717) is 16.8 Å². The number of amides is 1. The number of aromatic nitrogens is 1. The number of anilines is 1. The summed E-state index contributed by atoms with van der Waals surface area (Å²) in [5.41, 5.74) is 2.12. The van der Waals surface area contributed by atoms with E-state index in [1.807, 2.05) is 41.2 Å². The van der Waals surface area contributed by atoms with Crippen LogP contribution in [0.1, 0.15) is 20.7 Å². The summed E-state index contributed by atoms with van der Waals surface area (Å²) in [7, 11) is 1.31. The number of carbonyl (C=O) groups excluding carboxylic acids is 2. The highest BCUT2D eigenvalue weighted by Crippen LogP contribution is 2.18. The summed E-state index contributed by atoms with van der Waals surface area (Å²) in [6.45, 7) is 0. The molecular formula is C19H16N2O3. The number of nitrogens with zero attached hydrogens (tertiary/aromatic N) is 1. The number of methoxy groups -OCH3 is 1. The monoisotopic (exact) mass is 320 g/mol. The maximum atomic E-state index is 12.5. The second-order valence-electron chi connectivity index (χ2n) is 5.13. The normalized spacial score (nSPS) is 10.2. The van der Waals surface area contributed by atoms with Crippen molar-refractivity contribution in [1.29, 1.82) is 0 Å². The van der Waals surface area contributed by atoms with E-state index < -0.39 is 5.97 Å². The van der Waals surface area contributed by atoms with Gasteiger partial charge in [0, 0.05) is 23.6 Å². The molecule has 5 heteroatoms. The smallest absolute Gasteiger partial charge is 0.339 e. The van der Waals surface area contributed by atoms with E-state index in [2.05, 4.69) is 5.32 Å². The molecule has 0 atom stereocenters. The third-order valence-electron chi connectivity index (χ3n) is 3.59. The molecule has 0 aliphatic rings. The Morgan fingerprint density at radius 3 is 2.46 bits per heavy atom. The molecule has 3 rings (SSSR count). The molecule has 1 aromatic heterocycles. The molecule has 0 saturated heterocycles. The molecule has 0 spiro atoms. The van der Waals surface area contributed by atoms with Gasteiger partial charge in [-0.1, -0.05) is 18.2 Å². The summed E-state index contributed by atoms with van der Waals surface area (Å²) >= 11 is 0. The minimum Gasteiger partial charge on any atom is -0.465 e. The molecular weight excluding hydrogens is 304 g/mol. The quantitative estimate of drug-likeness (QED) is 0.748. The molecule has 0 aliphatic heterocycles. The third-order valence-corrected chi connectivity index (χ3v) is 3.59. The van der Waals surface area contributed by atoms with Crippen molar-refractivity contribution in [3.8, 4) is 5.69 Å². The molecule has 0 fully saturated rings. The van der Waals surface area contributed by atoms with Crippen LogP contribution in [0.2, 0.25) is 0 Å². The Kier molecular flexibility index (Phi) is 4.43. The fraction of sp³-hybridized carbons (Fsp3) is 0.0526. The molecule has 5 nitrogen and oxygen atoms in total. The van der Waals surface area contributed by atoms with Gasteiger partial charge in [-0.15, -0.1) is 0 Å². The number of ether oxygens (including phenoxy) is 1. The van der Waals surface area contributed by atoms with Crippen molar-refractivity contribution in [2.24, 2.45) is 0 Å². The van der Waals surface area contributed by atoms with E-state index in [4.69, 9.17) is 4.74 Å². The molecule has 1 N–H and O–H groups in total. The first-order valence-corrected chi connectivity index (χ1v) is 7.41. The van der Waals surface area contributed by atoms with Gasteiger partial charge >= 0.3 is 5.97 Å². The van der Waals surface area contributed by atoms with Gasteiger partial charge < -0.3 is 14.6 Å². The standard InChI is InChI=1S/C19H16N2O3/c1-24-19(23)16-9-2-3-10-17(16)20-18(22)14-7-6-8-15(13-14)21-11-4-5-12-21/h2-13H,1H3,(H,20,22). The topological polar surface area (TPSA) is 60.3 Å². The Morgan fingerprint density at radius 1 is 0.958 bits per heavy atom. The van der Waals surface area contributed by atoms with Gasteiger partial charge in [0.2, 0.25) is 0 Å². The van der Waals surface area contributed by atoms with Crippen LogP contribution in [-0.4, -0.2) is 23.6 Å². The third kappa shape index (κ3) is 3.20. The lowest BCUT2D eigenvalue weighted by atomic mass is 10.1. The predicted molar refractivity (Wildman–Crippen MR) is 91.5 cm³/mol. The lowest BCUT2D eigenvalue weighted by molar-refractivity contribution is 0.0602. The zero-order valence-corrected chi connectivity index (χ0v) is 13.1. The van der Waals surface area contributed by atoms with Gasteiger partial charge in [0.25, 0.3) is 5.91 Å². The van der Waals surface area contributed by atoms with E-state index >= 15 is 0 Å². The maximum absolute atomic E-state index is 12.5. The Labute approximate surface area is 139 Å². The van der Waals surface area contributed by atoms with E-state index in [1.54, 1.807) is 36.4 Å². The van der Waals surface area contributed by atoms with E-state index in [1.165, 1.54) is 7.11 Å². The van der Waals surface area contributed by atoms with Crippen LogP contribution in [0.4, 0.5) is 5.69 Å². The second kappa shape index (κ2) is 6.83. The fourth-order valence-corrected chi connectivity index (χ4v) is 2.39. The summed E-state index contributed by atoms with van der Waals surface area (Å²) in [5, 5.41) is 2.77. The van der Waals surface area contributed by atoms with Crippen molar-refractivity contribution in [1.82, 2.24) is 4.57 Å². The molecule has 0 aliphatic carbocycles. The number of hydrogen-bond donors (Lipinski definition) is 1. The number of para-hydroxylation sites is 1. The highest BCUT2D eigenvalue weighted by atomic mass is 16.5. The van der Waals surface area contributed by atoms with Crippen LogP contribution in [0, 0.1) is 0 Å². The number of nitrogens with one attached hydrogen (secondary N) is 1. The molecule has 24 heavy (non-hydrogen) atoms. The van der Waals surface area contributed by atoms with E-state index in [-0.39, 0.29) is 5.91 Å². The highest BCUT2D eigenvalue weighted by molar-refractivity contribution is 6.08. The van der Waals surface area contributed by atoms with Gasteiger partial charge in [0.05, 0.1) is 18.4 Å². The Morgan fingerprint density at radius 2 is 1.71 bits per heavy atom. The Hall–Kier alpha value is -3.34. The molecule has 3 aromatic rings. The van der Waals surface area contributed by atoms with Crippen molar-refractivity contribution in [3.63, 3.8) is 0 Å². The molecule has 2 aromatic carbocycles. The molecule has 0 saturated carbocycles. The summed E-state index contributed by atoms with van der Waals surface area (Å²) in [4.78, 5) is 24.3. The van der Waals surface area contributed by atoms with Gasteiger partial charge in [0.15, 0.2) is 0 Å². The first-order valence-electron chi connectivity index (χ1n) is 7.41. The number of carbonyl (C=O) groups is 2. The fourth-order valence-electron chi connectivity index (χ4n) is 2.39. The number of esters is 1. The van der Waals surface area contributed by atoms with E-state index in [0.717, 1.165) is 5.69 Å². The molecule has 0 bridgehead atoms. The van der Waals surface area contributed by atoms with Gasteiger partial charge in [0.1, 0.15) is 0 Å². The second-order valence-corrected chi connectivity index (χ2v) is 5.13. The van der Waals surface area contributed by atoms with Crippen molar-refractivity contribution in [2.75, 3.05) is 12.4 Å². The molecule has 0 unspecified atom stereocenters. The molecule has 0 radical (unpaired) electrons. The van der Waals surface area contributed by atoms with Gasteiger partial charge in [-0.3, -0.25) is 4.79 Å². The molecule has 1 heterocycles. The van der Waals surface area contributed by atoms with Crippen LogP contribution in [0.25, 0.3) is 5.69 Å². The van der Waals surface area contributed by atoms with Gasteiger partial charge in [-0.05, 0) is 42.5 Å². The largest absolute Gasteiger partial charge is 0.465 e. The van der Waals surface area contributed by atoms with Crippen molar-refractivity contribution < 1.29 is 14.3 Å². The lowest BCUT2D eigenvalue weighted by Gasteiger charge is -2.10. The minimum atomic E-state index is -0.494. The zero-order valence-electron chi connectivity index (χ0n) is 13.1. The zero-order chi connectivity index (χ0) is 16.9. The summed E-state index contributed by atoms with van der Waals surface area (Å²) in [5.74, 6) is -0.785. The van der Waals surface area contributed by atoms with Gasteiger partial charge in [-0.25, -0.2) is 4.79 Å². The van der Waals surface area contributed by atoms with Crippen LogP contribution in [0.15, 0.2) is 73.1 Å². The molecule has 120 valence electrons. The van der Waals surface area contributed by atoms with Crippen LogP contribution < -0.4 is 5.32 Å². The van der Waals surface area contributed by atoms with Crippen LogP contribution in [0.5, 0.6) is 0 Å². The first kappa shape index (κ1) is 15.6. The lowest BCUT2D eigenvalue weighted by Crippen LogP contribution is -2.15. The maximum Gasteiger partial charge on any atom is 0.339 e. The average Bonchev–Trinajstić information content (AvgIpc) is 3.16. The number of hydrogen-bond acceptors (Lipinski definition) is 3. The first-order chi connectivity index (χ1) is 11.7. The Balaban J connectivity index is 1.86. The van der Waals surface area contributed by atoms with Crippen molar-refractivity contribution in [2.45, 2.75) is 0 Å². The number of rotatable bonds is 4. The summed E-state index contributed by atoms with van der Waals surface area (Å²) in [6, 6.07) is 17.8. The minimum absolute atomic E-state index is 0.291. The summed E-state index contributed by atoms with van der Waals surface area (Å²) in [6.07, 6.45) is 3.81. The number of benzene rings is 2. The summed E-state index contributed by atoms with van der Waals surface area (Å²) < 4.78 is 6.65. The van der Waals surface area contributed by atoms with Crippen LogP contribution >= 0.6 is 0 Å². The average molecular weight is 320 g/mol. The van der Waals surface area contributed by atoms with Crippen LogP contribution in [0.3, 0.4) is 0 Å². The van der Waals surface area contributed by atoms with Gasteiger partial charge in [-0.2, -0.15) is 0 Å². The molecule has 1 amide bonds. The SMILES string of the molecule is COC(=O)c1ccccc1NC(=O)c1cccc(-n2cccc2)c1. The predicted octanol–water partition coefficient (Wildman–Crippen LogP) is 3.52. The van der Waals surface area contributed by atoms with Crippen molar-refractivity contribution >= 4 is 17.6 Å². The Bertz CT molecular complexity index is 870. The van der Waals surface area contributed by atoms with E-state index in [9.17, 15) is 9.59 Å².